The lowest BCUT2D eigenvalue weighted by molar-refractivity contribution is -0.138. The number of nitrogens with two attached hydrogens (primary N) is 1. The molecule has 2 rings (SSSR count). The largest absolute Gasteiger partial charge is 0.416 e. The van der Waals surface area contributed by atoms with Crippen LogP contribution in [-0.2, 0) is 6.18 Å². The molecule has 0 fully saturated rings. The third-order valence-electron chi connectivity index (χ3n) is 2.63. The summed E-state index contributed by atoms with van der Waals surface area (Å²) >= 11 is 5.74. The predicted octanol–water partition coefficient (Wildman–Crippen LogP) is 2.85. The molecule has 3 N–H and O–H groups in total. The van der Waals surface area contributed by atoms with Crippen molar-refractivity contribution >= 4 is 11.6 Å². The van der Waals surface area contributed by atoms with Gasteiger partial charge in [0.05, 0.1) is 11.4 Å². The lowest BCUT2D eigenvalue weighted by atomic mass is 9.95. The van der Waals surface area contributed by atoms with Crippen LogP contribution in [0.15, 0.2) is 30.1 Å². The fourth-order valence-corrected chi connectivity index (χ4v) is 2.04. The van der Waals surface area contributed by atoms with Gasteiger partial charge in [0.15, 0.2) is 0 Å². The molecular weight excluding hydrogens is 253 g/mol. The first-order valence-electron chi connectivity index (χ1n) is 4.96. The van der Waals surface area contributed by atoms with Gasteiger partial charge in [-0.2, -0.15) is 13.2 Å². The van der Waals surface area contributed by atoms with Gasteiger partial charge < -0.3 is 11.1 Å². The fraction of sp³-hybridized carbons (Fsp3) is 0.273. The van der Waals surface area contributed by atoms with E-state index in [1.165, 1.54) is 12.1 Å². The van der Waals surface area contributed by atoms with Crippen molar-refractivity contribution < 1.29 is 13.2 Å². The van der Waals surface area contributed by atoms with E-state index in [1.54, 1.807) is 6.08 Å². The molecule has 2 nitrogen and oxygen atoms in total. The molecule has 1 unspecified atom stereocenters. The molecule has 1 aliphatic heterocycles. The smallest absolute Gasteiger partial charge is 0.386 e. The maximum atomic E-state index is 12.8. The molecule has 0 aliphatic carbocycles. The number of hydrogen-bond acceptors (Lipinski definition) is 2. The fourth-order valence-electron chi connectivity index (χ4n) is 1.86. The van der Waals surface area contributed by atoms with Crippen LogP contribution in [0.2, 0.25) is 5.02 Å². The van der Waals surface area contributed by atoms with Gasteiger partial charge in [-0.05, 0) is 29.8 Å². The Balaban J connectivity index is 2.48. The Morgan fingerprint density at radius 1 is 1.35 bits per heavy atom. The van der Waals surface area contributed by atoms with Gasteiger partial charge in [0.2, 0.25) is 0 Å². The second-order valence-electron chi connectivity index (χ2n) is 3.84. The summed E-state index contributed by atoms with van der Waals surface area (Å²) in [5.41, 5.74) is 4.98. The first-order valence-corrected chi connectivity index (χ1v) is 5.33. The number of alkyl halides is 3. The van der Waals surface area contributed by atoms with Crippen LogP contribution in [0.4, 0.5) is 13.2 Å². The Bertz CT molecular complexity index is 468. The molecule has 1 aliphatic rings. The highest BCUT2D eigenvalue weighted by molar-refractivity contribution is 6.30. The van der Waals surface area contributed by atoms with Crippen molar-refractivity contribution in [2.45, 2.75) is 12.1 Å². The van der Waals surface area contributed by atoms with Gasteiger partial charge in [-0.3, -0.25) is 0 Å². The molecule has 0 saturated carbocycles. The molecule has 0 radical (unpaired) electrons. The topological polar surface area (TPSA) is 38.0 Å². The Hall–Kier alpha value is -1.36. The number of rotatable bonds is 1. The van der Waals surface area contributed by atoms with Gasteiger partial charge in [0.25, 0.3) is 0 Å². The lowest BCUT2D eigenvalue weighted by Crippen LogP contribution is -2.17. The molecule has 1 aromatic rings. The number of benzene rings is 1. The maximum Gasteiger partial charge on any atom is 0.416 e. The number of halogens is 4. The summed E-state index contributed by atoms with van der Waals surface area (Å²) in [5, 5.41) is 3.08. The van der Waals surface area contributed by atoms with Gasteiger partial charge >= 0.3 is 6.18 Å². The molecule has 0 bridgehead atoms. The highest BCUT2D eigenvalue weighted by Gasteiger charge is 2.35. The average Bonchev–Trinajstić information content (AvgIpc) is 2.62. The minimum atomic E-state index is -4.38. The van der Waals surface area contributed by atoms with Crippen molar-refractivity contribution in [3.05, 3.63) is 46.2 Å². The Morgan fingerprint density at radius 2 is 2.06 bits per heavy atom. The Labute approximate surface area is 101 Å². The van der Waals surface area contributed by atoms with Gasteiger partial charge in [0.1, 0.15) is 0 Å². The van der Waals surface area contributed by atoms with E-state index in [4.69, 9.17) is 17.3 Å². The van der Waals surface area contributed by atoms with Gasteiger partial charge in [-0.15, -0.1) is 0 Å². The molecule has 0 amide bonds. The summed E-state index contributed by atoms with van der Waals surface area (Å²) in [7, 11) is 0. The zero-order valence-corrected chi connectivity index (χ0v) is 9.44. The molecule has 6 heteroatoms. The Morgan fingerprint density at radius 3 is 2.59 bits per heavy atom. The van der Waals surface area contributed by atoms with Crippen molar-refractivity contribution in [3.8, 4) is 0 Å². The van der Waals surface area contributed by atoms with Crippen molar-refractivity contribution in [2.75, 3.05) is 6.54 Å². The maximum absolute atomic E-state index is 12.8. The van der Waals surface area contributed by atoms with E-state index < -0.39 is 17.7 Å². The highest BCUT2D eigenvalue weighted by atomic mass is 35.5. The van der Waals surface area contributed by atoms with E-state index in [2.05, 4.69) is 5.32 Å². The van der Waals surface area contributed by atoms with Crippen molar-refractivity contribution in [3.63, 3.8) is 0 Å². The van der Waals surface area contributed by atoms with Gasteiger partial charge in [-0.25, -0.2) is 0 Å². The third-order valence-corrected chi connectivity index (χ3v) is 2.86. The summed E-state index contributed by atoms with van der Waals surface area (Å²) in [4.78, 5) is 0. The number of hydrogen-bond donors (Lipinski definition) is 2. The molecule has 0 spiro atoms. The lowest BCUT2D eigenvalue weighted by Gasteiger charge is -2.16. The standard InChI is InChI=1S/C11H10ClF3N2/c12-7-1-2-9(11(13,14)15)8(4-7)6-3-10(16)17-5-6/h1-4,6,17H,5,16H2. The minimum Gasteiger partial charge on any atom is -0.386 e. The average molecular weight is 263 g/mol. The SMILES string of the molecule is NC1=CC(c2cc(Cl)ccc2C(F)(F)F)CN1. The van der Waals surface area contributed by atoms with Crippen molar-refractivity contribution in [2.24, 2.45) is 5.73 Å². The third kappa shape index (κ3) is 2.49. The van der Waals surface area contributed by atoms with Crippen LogP contribution in [0.5, 0.6) is 0 Å². The quantitative estimate of drug-likeness (QED) is 0.817. The van der Waals surface area contributed by atoms with E-state index in [1.807, 2.05) is 0 Å². The predicted molar refractivity (Wildman–Crippen MR) is 59.5 cm³/mol. The van der Waals surface area contributed by atoms with E-state index in [-0.39, 0.29) is 10.6 Å². The second kappa shape index (κ2) is 4.14. The summed E-state index contributed by atoms with van der Waals surface area (Å²) in [6.07, 6.45) is -2.81. The molecular formula is C11H10ClF3N2. The zero-order chi connectivity index (χ0) is 12.6. The van der Waals surface area contributed by atoms with Gasteiger partial charge in [0, 0.05) is 17.5 Å². The second-order valence-corrected chi connectivity index (χ2v) is 4.28. The van der Waals surface area contributed by atoms with Crippen LogP contribution in [0.3, 0.4) is 0 Å². The molecule has 0 saturated heterocycles. The van der Waals surface area contributed by atoms with Crippen molar-refractivity contribution in [1.82, 2.24) is 5.32 Å². The van der Waals surface area contributed by atoms with Crippen LogP contribution < -0.4 is 11.1 Å². The monoisotopic (exact) mass is 262 g/mol. The normalized spacial score (nSPS) is 20.0. The summed E-state index contributed by atoms with van der Waals surface area (Å²) in [5.74, 6) is -0.00609. The molecule has 17 heavy (non-hydrogen) atoms. The van der Waals surface area contributed by atoms with Gasteiger partial charge in [-0.1, -0.05) is 11.6 Å². The molecule has 1 aromatic carbocycles. The van der Waals surface area contributed by atoms with Crippen LogP contribution >= 0.6 is 11.6 Å². The van der Waals surface area contributed by atoms with Crippen LogP contribution in [-0.4, -0.2) is 6.54 Å². The van der Waals surface area contributed by atoms with Crippen molar-refractivity contribution in [1.29, 1.82) is 0 Å². The van der Waals surface area contributed by atoms with E-state index in [0.717, 1.165) is 6.07 Å². The first kappa shape index (κ1) is 12.1. The van der Waals surface area contributed by atoms with E-state index in [0.29, 0.717) is 12.4 Å². The summed E-state index contributed by atoms with van der Waals surface area (Å²) in [6.45, 7) is 0.356. The molecule has 0 aromatic heterocycles. The zero-order valence-electron chi connectivity index (χ0n) is 8.68. The number of nitrogens with one attached hydrogen (secondary N) is 1. The minimum absolute atomic E-state index is 0.151. The molecule has 1 heterocycles. The summed E-state index contributed by atoms with van der Waals surface area (Å²) < 4.78 is 38.4. The highest BCUT2D eigenvalue weighted by Crippen LogP contribution is 2.37. The van der Waals surface area contributed by atoms with E-state index in [9.17, 15) is 13.2 Å². The van der Waals surface area contributed by atoms with Crippen LogP contribution in [0, 0.1) is 0 Å². The summed E-state index contributed by atoms with van der Waals surface area (Å²) in [6, 6.07) is 3.58. The molecule has 92 valence electrons. The van der Waals surface area contributed by atoms with Crippen LogP contribution in [0.25, 0.3) is 0 Å². The van der Waals surface area contributed by atoms with E-state index >= 15 is 0 Å². The van der Waals surface area contributed by atoms with Crippen LogP contribution in [0.1, 0.15) is 17.0 Å². The molecule has 1 atom stereocenters. The Kier molecular flexibility index (Phi) is 2.95. The first-order chi connectivity index (χ1) is 7.88.